The van der Waals surface area contributed by atoms with E-state index in [0.717, 1.165) is 11.4 Å². The fraction of sp³-hybridized carbons (Fsp3) is 0.0909. The maximum absolute atomic E-state index is 10.9. The van der Waals surface area contributed by atoms with Crippen LogP contribution < -0.4 is 16.8 Å². The summed E-state index contributed by atoms with van der Waals surface area (Å²) in [4.78, 5) is 15.1. The maximum Gasteiger partial charge on any atom is 0.248 e. The second-order valence-electron chi connectivity index (χ2n) is 3.50. The van der Waals surface area contributed by atoms with Crippen LogP contribution in [0.15, 0.2) is 29.1 Å². The number of nitrogen functional groups attached to an aromatic ring is 1. The Kier molecular flexibility index (Phi) is 3.24. The highest BCUT2D eigenvalue weighted by Gasteiger charge is 2.04. The first kappa shape index (κ1) is 11.4. The Labute approximate surface area is 102 Å². The second kappa shape index (κ2) is 4.84. The van der Waals surface area contributed by atoms with Crippen molar-refractivity contribution in [2.45, 2.75) is 6.54 Å². The molecule has 5 nitrogen and oxygen atoms in total. The lowest BCUT2D eigenvalue weighted by atomic mass is 10.1. The third-order valence-corrected chi connectivity index (χ3v) is 2.91. The molecular formula is C11H12N4OS. The van der Waals surface area contributed by atoms with Crippen LogP contribution in [0.4, 0.5) is 11.4 Å². The molecule has 1 amide bonds. The molecule has 0 radical (unpaired) electrons. The fourth-order valence-electron chi connectivity index (χ4n) is 1.39. The van der Waals surface area contributed by atoms with Gasteiger partial charge in [-0.05, 0) is 18.2 Å². The monoisotopic (exact) mass is 248 g/mol. The van der Waals surface area contributed by atoms with Gasteiger partial charge in [-0.15, -0.1) is 11.3 Å². The molecule has 1 heterocycles. The molecule has 0 saturated heterocycles. The van der Waals surface area contributed by atoms with Gasteiger partial charge < -0.3 is 16.8 Å². The van der Waals surface area contributed by atoms with Crippen LogP contribution in [0.2, 0.25) is 0 Å². The molecule has 0 saturated carbocycles. The number of benzene rings is 1. The number of nitrogens with one attached hydrogen (secondary N) is 1. The normalized spacial score (nSPS) is 10.1. The summed E-state index contributed by atoms with van der Waals surface area (Å²) in [5.41, 5.74) is 15.4. The van der Waals surface area contributed by atoms with E-state index in [4.69, 9.17) is 11.5 Å². The third kappa shape index (κ3) is 2.73. The van der Waals surface area contributed by atoms with Crippen molar-refractivity contribution in [3.8, 4) is 0 Å². The highest BCUT2D eigenvalue weighted by molar-refractivity contribution is 7.07. The molecule has 0 aliphatic carbocycles. The lowest BCUT2D eigenvalue weighted by Crippen LogP contribution is -2.12. The zero-order valence-electron chi connectivity index (χ0n) is 9.01. The van der Waals surface area contributed by atoms with Gasteiger partial charge >= 0.3 is 0 Å². The number of nitrogens with two attached hydrogens (primary N) is 2. The first-order valence-electron chi connectivity index (χ1n) is 4.97. The number of thiazole rings is 1. The maximum atomic E-state index is 10.9. The molecule has 1 aromatic carbocycles. The third-order valence-electron chi connectivity index (χ3n) is 2.28. The molecule has 0 aliphatic rings. The summed E-state index contributed by atoms with van der Waals surface area (Å²) in [6.07, 6.45) is 0. The van der Waals surface area contributed by atoms with Crippen LogP contribution in [-0.4, -0.2) is 10.9 Å². The zero-order valence-corrected chi connectivity index (χ0v) is 9.83. The molecule has 0 atom stereocenters. The van der Waals surface area contributed by atoms with E-state index in [0.29, 0.717) is 17.8 Å². The Morgan fingerprint density at radius 3 is 2.88 bits per heavy atom. The summed E-state index contributed by atoms with van der Waals surface area (Å²) in [5.74, 6) is -0.484. The van der Waals surface area contributed by atoms with Gasteiger partial charge in [0, 0.05) is 10.9 Å². The van der Waals surface area contributed by atoms with Crippen LogP contribution in [0.5, 0.6) is 0 Å². The summed E-state index contributed by atoms with van der Waals surface area (Å²) in [6, 6.07) is 4.94. The van der Waals surface area contributed by atoms with Crippen molar-refractivity contribution in [1.82, 2.24) is 4.98 Å². The van der Waals surface area contributed by atoms with Gasteiger partial charge in [-0.3, -0.25) is 4.79 Å². The van der Waals surface area contributed by atoms with Crippen molar-refractivity contribution in [1.29, 1.82) is 0 Å². The van der Waals surface area contributed by atoms with Crippen LogP contribution in [0, 0.1) is 0 Å². The number of primary amides is 1. The molecule has 17 heavy (non-hydrogen) atoms. The van der Waals surface area contributed by atoms with Gasteiger partial charge in [-0.25, -0.2) is 4.98 Å². The summed E-state index contributed by atoms with van der Waals surface area (Å²) >= 11 is 1.54. The second-order valence-corrected chi connectivity index (χ2v) is 4.22. The highest BCUT2D eigenvalue weighted by Crippen LogP contribution is 2.20. The van der Waals surface area contributed by atoms with E-state index in [1.165, 1.54) is 0 Å². The number of hydrogen-bond acceptors (Lipinski definition) is 5. The van der Waals surface area contributed by atoms with Gasteiger partial charge in [0.15, 0.2) is 0 Å². The molecule has 2 rings (SSSR count). The number of aromatic nitrogens is 1. The first-order chi connectivity index (χ1) is 8.16. The number of nitrogens with zero attached hydrogens (tertiary/aromatic N) is 1. The molecule has 1 aromatic heterocycles. The van der Waals surface area contributed by atoms with E-state index in [1.807, 2.05) is 5.38 Å². The van der Waals surface area contributed by atoms with Crippen molar-refractivity contribution >= 4 is 28.6 Å². The smallest absolute Gasteiger partial charge is 0.248 e. The molecule has 0 unspecified atom stereocenters. The van der Waals surface area contributed by atoms with E-state index in [1.54, 1.807) is 35.0 Å². The van der Waals surface area contributed by atoms with Gasteiger partial charge in [0.2, 0.25) is 5.91 Å². The molecular weight excluding hydrogens is 236 g/mol. The lowest BCUT2D eigenvalue weighted by molar-refractivity contribution is 0.100. The molecule has 0 bridgehead atoms. The average molecular weight is 248 g/mol. The minimum atomic E-state index is -0.484. The Bertz CT molecular complexity index is 524. The number of carbonyl (C=O) groups excluding carboxylic acids is 1. The summed E-state index contributed by atoms with van der Waals surface area (Å²) < 4.78 is 0. The highest BCUT2D eigenvalue weighted by atomic mass is 32.1. The topological polar surface area (TPSA) is 94.0 Å². The van der Waals surface area contributed by atoms with Gasteiger partial charge in [0.25, 0.3) is 0 Å². The van der Waals surface area contributed by atoms with Gasteiger partial charge in [-0.1, -0.05) is 0 Å². The van der Waals surface area contributed by atoms with E-state index in [-0.39, 0.29) is 0 Å². The molecule has 6 heteroatoms. The lowest BCUT2D eigenvalue weighted by Gasteiger charge is -2.08. The Balaban J connectivity index is 2.09. The Morgan fingerprint density at radius 1 is 1.47 bits per heavy atom. The number of carbonyl (C=O) groups is 1. The van der Waals surface area contributed by atoms with E-state index in [2.05, 4.69) is 10.3 Å². The van der Waals surface area contributed by atoms with E-state index < -0.39 is 5.91 Å². The summed E-state index contributed by atoms with van der Waals surface area (Å²) in [6.45, 7) is 0.601. The van der Waals surface area contributed by atoms with Crippen LogP contribution in [0.1, 0.15) is 16.1 Å². The zero-order chi connectivity index (χ0) is 12.3. The van der Waals surface area contributed by atoms with Crippen LogP contribution in [-0.2, 0) is 6.54 Å². The Morgan fingerprint density at radius 2 is 2.29 bits per heavy atom. The summed E-state index contributed by atoms with van der Waals surface area (Å²) in [5, 5.41) is 5.11. The number of hydrogen-bond donors (Lipinski definition) is 3. The van der Waals surface area contributed by atoms with E-state index >= 15 is 0 Å². The Hall–Kier alpha value is -2.08. The average Bonchev–Trinajstić information content (AvgIpc) is 2.80. The molecule has 0 fully saturated rings. The number of rotatable bonds is 4. The van der Waals surface area contributed by atoms with Crippen molar-refractivity contribution in [2.75, 3.05) is 11.1 Å². The van der Waals surface area contributed by atoms with Gasteiger partial charge in [-0.2, -0.15) is 0 Å². The van der Waals surface area contributed by atoms with Crippen LogP contribution >= 0.6 is 11.3 Å². The predicted molar refractivity (Wildman–Crippen MR) is 68.8 cm³/mol. The summed E-state index contributed by atoms with van der Waals surface area (Å²) in [7, 11) is 0. The minimum absolute atomic E-state index is 0.404. The van der Waals surface area contributed by atoms with Gasteiger partial charge in [0.1, 0.15) is 0 Å². The van der Waals surface area contributed by atoms with E-state index in [9.17, 15) is 4.79 Å². The quantitative estimate of drug-likeness (QED) is 0.713. The molecule has 0 spiro atoms. The fourth-order valence-corrected chi connectivity index (χ4v) is 1.95. The van der Waals surface area contributed by atoms with Crippen molar-refractivity contribution in [3.63, 3.8) is 0 Å². The largest absolute Gasteiger partial charge is 0.397 e. The minimum Gasteiger partial charge on any atom is -0.397 e. The van der Waals surface area contributed by atoms with Crippen molar-refractivity contribution in [3.05, 3.63) is 40.3 Å². The van der Waals surface area contributed by atoms with Crippen LogP contribution in [0.3, 0.4) is 0 Å². The number of amides is 1. The van der Waals surface area contributed by atoms with Gasteiger partial charge in [0.05, 0.1) is 29.1 Å². The molecule has 5 N–H and O–H groups in total. The molecule has 2 aromatic rings. The molecule has 0 aliphatic heterocycles. The van der Waals surface area contributed by atoms with Crippen LogP contribution in [0.25, 0.3) is 0 Å². The first-order valence-corrected chi connectivity index (χ1v) is 5.91. The number of anilines is 2. The molecule has 88 valence electrons. The van der Waals surface area contributed by atoms with Crippen molar-refractivity contribution in [2.24, 2.45) is 5.73 Å². The predicted octanol–water partition coefficient (Wildman–Crippen LogP) is 1.44. The van der Waals surface area contributed by atoms with Crippen molar-refractivity contribution < 1.29 is 4.79 Å². The standard InChI is InChI=1S/C11H12N4OS/c12-9-3-7(11(13)16)1-2-10(9)14-4-8-5-17-6-15-8/h1-3,5-6,14H,4,12H2,(H2,13,16). The SMILES string of the molecule is NC(=O)c1ccc(NCc2cscn2)c(N)c1.